The zero-order valence-electron chi connectivity index (χ0n) is 9.81. The maximum absolute atomic E-state index is 11.9. The Labute approximate surface area is 101 Å². The molecule has 1 aliphatic rings. The first-order valence-electron chi connectivity index (χ1n) is 5.75. The van der Waals surface area contributed by atoms with Gasteiger partial charge in [-0.2, -0.15) is 5.26 Å². The predicted octanol–water partition coefficient (Wildman–Crippen LogP) is 2.26. The Hall–Kier alpha value is -2.02. The van der Waals surface area contributed by atoms with Crippen molar-refractivity contribution in [3.05, 3.63) is 29.8 Å². The molecule has 0 atom stereocenters. The third-order valence-electron chi connectivity index (χ3n) is 3.12. The van der Waals surface area contributed by atoms with Gasteiger partial charge in [0.05, 0.1) is 11.3 Å². The number of anilines is 1. The summed E-state index contributed by atoms with van der Waals surface area (Å²) < 4.78 is 0. The molecular formula is C13H15N3O. The van der Waals surface area contributed by atoms with Gasteiger partial charge >= 0.3 is 6.03 Å². The maximum atomic E-state index is 11.9. The van der Waals surface area contributed by atoms with E-state index in [1.165, 1.54) is 11.3 Å². The Kier molecular flexibility index (Phi) is 3.29. The van der Waals surface area contributed by atoms with Gasteiger partial charge in [-0.3, -0.25) is 4.90 Å². The lowest BCUT2D eigenvalue weighted by Gasteiger charge is -2.29. The number of para-hydroxylation sites is 1. The molecule has 0 aromatic heterocycles. The highest BCUT2D eigenvalue weighted by molar-refractivity contribution is 5.93. The molecule has 0 aliphatic heterocycles. The molecule has 0 spiro atoms. The first-order chi connectivity index (χ1) is 8.22. The second-order valence-corrected chi connectivity index (χ2v) is 4.27. The quantitative estimate of drug-likeness (QED) is 0.845. The predicted molar refractivity (Wildman–Crippen MR) is 65.7 cm³/mol. The molecule has 0 radical (unpaired) electrons. The van der Waals surface area contributed by atoms with Gasteiger partial charge in [0.1, 0.15) is 6.07 Å². The smallest absolute Gasteiger partial charge is 0.321 e. The van der Waals surface area contributed by atoms with Gasteiger partial charge in [-0.15, -0.1) is 0 Å². The van der Waals surface area contributed by atoms with Crippen molar-refractivity contribution in [2.24, 2.45) is 0 Å². The minimum absolute atomic E-state index is 0.141. The molecule has 0 bridgehead atoms. The van der Waals surface area contributed by atoms with Gasteiger partial charge in [0.25, 0.3) is 0 Å². The minimum atomic E-state index is -0.141. The molecule has 1 fully saturated rings. The van der Waals surface area contributed by atoms with Gasteiger partial charge in [0.15, 0.2) is 0 Å². The number of rotatable bonds is 2. The molecule has 4 nitrogen and oxygen atoms in total. The van der Waals surface area contributed by atoms with E-state index >= 15 is 0 Å². The maximum Gasteiger partial charge on any atom is 0.321 e. The fourth-order valence-corrected chi connectivity index (χ4v) is 1.79. The van der Waals surface area contributed by atoms with Crippen LogP contribution in [0.1, 0.15) is 24.8 Å². The summed E-state index contributed by atoms with van der Waals surface area (Å²) in [5, 5.41) is 11.9. The standard InChI is InChI=1S/C13H15N3O/c1-16(13(17)15-11-6-4-7-11)12-8-3-2-5-10(12)9-14/h2-3,5,8,11H,4,6-7H2,1H3,(H,15,17). The highest BCUT2D eigenvalue weighted by Crippen LogP contribution is 2.21. The van der Waals surface area contributed by atoms with Crippen LogP contribution in [-0.2, 0) is 0 Å². The number of nitrogens with one attached hydrogen (secondary N) is 1. The van der Waals surface area contributed by atoms with Crippen molar-refractivity contribution in [2.75, 3.05) is 11.9 Å². The van der Waals surface area contributed by atoms with Crippen molar-refractivity contribution < 1.29 is 4.79 Å². The molecule has 88 valence electrons. The van der Waals surface area contributed by atoms with Crippen LogP contribution in [0.15, 0.2) is 24.3 Å². The lowest BCUT2D eigenvalue weighted by Crippen LogP contribution is -2.46. The average Bonchev–Trinajstić information content (AvgIpc) is 2.32. The van der Waals surface area contributed by atoms with Crippen LogP contribution < -0.4 is 10.2 Å². The van der Waals surface area contributed by atoms with Crippen LogP contribution in [0.3, 0.4) is 0 Å². The Bertz CT molecular complexity index is 460. The molecule has 2 rings (SSSR count). The SMILES string of the molecule is CN(C(=O)NC1CCC1)c1ccccc1C#N. The monoisotopic (exact) mass is 229 g/mol. The second kappa shape index (κ2) is 4.88. The number of urea groups is 1. The van der Waals surface area contributed by atoms with Crippen molar-refractivity contribution in [1.29, 1.82) is 5.26 Å². The van der Waals surface area contributed by atoms with Crippen molar-refractivity contribution >= 4 is 11.7 Å². The Balaban J connectivity index is 2.10. The third-order valence-corrected chi connectivity index (χ3v) is 3.12. The zero-order chi connectivity index (χ0) is 12.3. The molecular weight excluding hydrogens is 214 g/mol. The van der Waals surface area contributed by atoms with Gasteiger partial charge in [0.2, 0.25) is 0 Å². The van der Waals surface area contributed by atoms with E-state index in [9.17, 15) is 4.79 Å². The largest absolute Gasteiger partial charge is 0.335 e. The van der Waals surface area contributed by atoms with Crippen LogP contribution in [-0.4, -0.2) is 19.1 Å². The topological polar surface area (TPSA) is 56.1 Å². The number of nitrogens with zero attached hydrogens (tertiary/aromatic N) is 2. The molecule has 0 heterocycles. The van der Waals surface area contributed by atoms with Crippen LogP contribution in [0.5, 0.6) is 0 Å². The molecule has 1 aromatic rings. The minimum Gasteiger partial charge on any atom is -0.335 e. The Morgan fingerprint density at radius 2 is 2.18 bits per heavy atom. The summed E-state index contributed by atoms with van der Waals surface area (Å²) in [5.41, 5.74) is 1.16. The van der Waals surface area contributed by atoms with Crippen LogP contribution >= 0.6 is 0 Å². The molecule has 4 heteroatoms. The number of amides is 2. The number of carbonyl (C=O) groups is 1. The molecule has 1 saturated carbocycles. The average molecular weight is 229 g/mol. The van der Waals surface area contributed by atoms with E-state index in [-0.39, 0.29) is 6.03 Å². The number of hydrogen-bond acceptors (Lipinski definition) is 2. The first kappa shape index (κ1) is 11.5. The summed E-state index contributed by atoms with van der Waals surface area (Å²) in [6.45, 7) is 0. The van der Waals surface area contributed by atoms with E-state index in [2.05, 4.69) is 11.4 Å². The summed E-state index contributed by atoms with van der Waals surface area (Å²) in [6, 6.07) is 9.36. The molecule has 17 heavy (non-hydrogen) atoms. The normalized spacial score (nSPS) is 14.6. The van der Waals surface area contributed by atoms with Crippen molar-refractivity contribution in [1.82, 2.24) is 5.32 Å². The highest BCUT2D eigenvalue weighted by Gasteiger charge is 2.22. The molecule has 0 saturated heterocycles. The van der Waals surface area contributed by atoms with E-state index < -0.39 is 0 Å². The van der Waals surface area contributed by atoms with Crippen LogP contribution in [0, 0.1) is 11.3 Å². The summed E-state index contributed by atoms with van der Waals surface area (Å²) in [6.07, 6.45) is 3.29. The summed E-state index contributed by atoms with van der Waals surface area (Å²) in [7, 11) is 1.68. The highest BCUT2D eigenvalue weighted by atomic mass is 16.2. The van der Waals surface area contributed by atoms with Crippen LogP contribution in [0.4, 0.5) is 10.5 Å². The van der Waals surface area contributed by atoms with E-state index in [0.29, 0.717) is 17.3 Å². The van der Waals surface area contributed by atoms with Gasteiger partial charge in [-0.1, -0.05) is 12.1 Å². The van der Waals surface area contributed by atoms with Gasteiger partial charge in [-0.05, 0) is 31.4 Å². The summed E-state index contributed by atoms with van der Waals surface area (Å²) >= 11 is 0. The van der Waals surface area contributed by atoms with E-state index in [0.717, 1.165) is 12.8 Å². The fourth-order valence-electron chi connectivity index (χ4n) is 1.79. The Morgan fingerprint density at radius 1 is 1.47 bits per heavy atom. The van der Waals surface area contributed by atoms with Crippen molar-refractivity contribution in [2.45, 2.75) is 25.3 Å². The number of carbonyl (C=O) groups excluding carboxylic acids is 1. The van der Waals surface area contributed by atoms with Crippen LogP contribution in [0.2, 0.25) is 0 Å². The lowest BCUT2D eigenvalue weighted by atomic mass is 9.93. The fraction of sp³-hybridized carbons (Fsp3) is 0.385. The summed E-state index contributed by atoms with van der Waals surface area (Å²) in [5.74, 6) is 0. The summed E-state index contributed by atoms with van der Waals surface area (Å²) in [4.78, 5) is 13.4. The van der Waals surface area contributed by atoms with Crippen LogP contribution in [0.25, 0.3) is 0 Å². The number of nitriles is 1. The molecule has 2 amide bonds. The molecule has 1 aliphatic carbocycles. The van der Waals surface area contributed by atoms with Gasteiger partial charge in [-0.25, -0.2) is 4.79 Å². The van der Waals surface area contributed by atoms with Crippen molar-refractivity contribution in [3.63, 3.8) is 0 Å². The number of benzene rings is 1. The number of hydrogen-bond donors (Lipinski definition) is 1. The zero-order valence-corrected chi connectivity index (χ0v) is 9.81. The van der Waals surface area contributed by atoms with E-state index in [4.69, 9.17) is 5.26 Å². The van der Waals surface area contributed by atoms with E-state index in [1.54, 1.807) is 25.2 Å². The van der Waals surface area contributed by atoms with Gasteiger partial charge in [0, 0.05) is 13.1 Å². The second-order valence-electron chi connectivity index (χ2n) is 4.27. The first-order valence-corrected chi connectivity index (χ1v) is 5.75. The molecule has 1 aromatic carbocycles. The van der Waals surface area contributed by atoms with E-state index in [1.807, 2.05) is 6.07 Å². The van der Waals surface area contributed by atoms with Crippen molar-refractivity contribution in [3.8, 4) is 6.07 Å². The molecule has 1 N–H and O–H groups in total. The lowest BCUT2D eigenvalue weighted by molar-refractivity contribution is 0.235. The third kappa shape index (κ3) is 2.39. The Morgan fingerprint density at radius 3 is 2.76 bits per heavy atom. The molecule has 0 unspecified atom stereocenters. The van der Waals surface area contributed by atoms with Gasteiger partial charge < -0.3 is 5.32 Å².